The molecule has 2 aromatic heterocycles. The fourth-order valence-electron chi connectivity index (χ4n) is 3.53. The molecule has 0 saturated carbocycles. The number of halogens is 2. The first-order chi connectivity index (χ1) is 15.4. The SMILES string of the molecule is O=C1C(Cl)=C(N2CC2)C(=O)c2ncccc21.O=C1C(N2CC2)=C(Cl)C(=O)c2ncccc21. The van der Waals surface area contributed by atoms with Gasteiger partial charge in [0.2, 0.25) is 23.1 Å². The Morgan fingerprint density at radius 2 is 1.06 bits per heavy atom. The topological polar surface area (TPSA) is 100 Å². The average Bonchev–Trinajstić information content (AvgIpc) is 3.72. The fraction of sp³-hybridized carbons (Fsp3) is 0.182. The Bertz CT molecular complexity index is 1190. The number of fused-ring (bicyclic) bond motifs is 2. The van der Waals surface area contributed by atoms with Gasteiger partial charge >= 0.3 is 0 Å². The van der Waals surface area contributed by atoms with Gasteiger partial charge in [0, 0.05) is 38.6 Å². The van der Waals surface area contributed by atoms with E-state index in [2.05, 4.69) is 9.97 Å². The van der Waals surface area contributed by atoms with Crippen LogP contribution in [0.25, 0.3) is 0 Å². The Balaban J connectivity index is 0.000000135. The van der Waals surface area contributed by atoms with Crippen molar-refractivity contribution >= 4 is 46.3 Å². The van der Waals surface area contributed by atoms with E-state index in [9.17, 15) is 19.2 Å². The highest BCUT2D eigenvalue weighted by molar-refractivity contribution is 6.50. The highest BCUT2D eigenvalue weighted by Gasteiger charge is 2.39. The van der Waals surface area contributed by atoms with E-state index in [4.69, 9.17) is 23.2 Å². The Morgan fingerprint density at radius 1 is 0.625 bits per heavy atom. The van der Waals surface area contributed by atoms with Crippen LogP contribution in [0.1, 0.15) is 41.7 Å². The van der Waals surface area contributed by atoms with E-state index in [-0.39, 0.29) is 44.6 Å². The summed E-state index contributed by atoms with van der Waals surface area (Å²) in [6.07, 6.45) is 2.99. The number of ketones is 4. The Hall–Kier alpha value is -3.36. The highest BCUT2D eigenvalue weighted by Crippen LogP contribution is 2.33. The molecule has 0 unspecified atom stereocenters. The van der Waals surface area contributed by atoms with E-state index in [1.54, 1.807) is 34.1 Å². The van der Waals surface area contributed by atoms with Gasteiger partial charge in [-0.1, -0.05) is 23.2 Å². The van der Waals surface area contributed by atoms with Gasteiger partial charge in [-0.2, -0.15) is 0 Å². The van der Waals surface area contributed by atoms with Crippen molar-refractivity contribution in [3.63, 3.8) is 0 Å². The molecule has 4 aliphatic rings. The minimum Gasteiger partial charge on any atom is -0.363 e. The van der Waals surface area contributed by atoms with Crippen LogP contribution >= 0.6 is 23.2 Å². The zero-order valence-corrected chi connectivity index (χ0v) is 18.0. The maximum absolute atomic E-state index is 12.1. The second kappa shape index (κ2) is 7.65. The Morgan fingerprint density at radius 3 is 1.59 bits per heavy atom. The van der Waals surface area contributed by atoms with E-state index in [0.717, 1.165) is 26.2 Å². The molecule has 0 radical (unpaired) electrons. The van der Waals surface area contributed by atoms with Crippen LogP contribution in [0.2, 0.25) is 0 Å². The number of hydrogen-bond donors (Lipinski definition) is 0. The lowest BCUT2D eigenvalue weighted by Crippen LogP contribution is -2.25. The zero-order chi connectivity index (χ0) is 22.6. The van der Waals surface area contributed by atoms with Crippen molar-refractivity contribution in [1.29, 1.82) is 0 Å². The summed E-state index contributed by atoms with van der Waals surface area (Å²) < 4.78 is 0. The number of Topliss-reactive ketones (excluding diaryl/α,β-unsaturated/α-hetero) is 4. The molecule has 160 valence electrons. The molecule has 2 aliphatic heterocycles. The van der Waals surface area contributed by atoms with Crippen molar-refractivity contribution in [3.05, 3.63) is 80.6 Å². The lowest BCUT2D eigenvalue weighted by Gasteiger charge is -2.17. The minimum atomic E-state index is -0.362. The van der Waals surface area contributed by atoms with Crippen LogP contribution in [-0.4, -0.2) is 69.1 Å². The molecule has 2 saturated heterocycles. The van der Waals surface area contributed by atoms with Gasteiger partial charge in [-0.25, -0.2) is 0 Å². The van der Waals surface area contributed by atoms with Crippen LogP contribution < -0.4 is 0 Å². The molecule has 4 heterocycles. The van der Waals surface area contributed by atoms with Crippen molar-refractivity contribution < 1.29 is 19.2 Å². The van der Waals surface area contributed by atoms with Gasteiger partial charge in [-0.05, 0) is 24.3 Å². The second-order valence-corrected chi connectivity index (χ2v) is 8.17. The second-order valence-electron chi connectivity index (χ2n) is 7.41. The molecule has 10 heteroatoms. The Kier molecular flexibility index (Phi) is 4.91. The summed E-state index contributed by atoms with van der Waals surface area (Å²) in [6, 6.07) is 6.44. The number of aromatic nitrogens is 2. The molecule has 32 heavy (non-hydrogen) atoms. The molecule has 6 rings (SSSR count). The van der Waals surface area contributed by atoms with Crippen LogP contribution in [0.4, 0.5) is 0 Å². The monoisotopic (exact) mass is 468 g/mol. The van der Waals surface area contributed by atoms with Crippen LogP contribution in [0.5, 0.6) is 0 Å². The summed E-state index contributed by atoms with van der Waals surface area (Å²) in [6.45, 7) is 3.10. The maximum atomic E-state index is 12.1. The van der Waals surface area contributed by atoms with Gasteiger partial charge < -0.3 is 9.80 Å². The predicted molar refractivity (Wildman–Crippen MR) is 115 cm³/mol. The molecule has 8 nitrogen and oxygen atoms in total. The van der Waals surface area contributed by atoms with E-state index < -0.39 is 0 Å². The summed E-state index contributed by atoms with van der Waals surface area (Å²) in [4.78, 5) is 59.3. The van der Waals surface area contributed by atoms with E-state index in [1.807, 2.05) is 0 Å². The van der Waals surface area contributed by atoms with Crippen molar-refractivity contribution in [3.8, 4) is 0 Å². The number of pyridine rings is 2. The third-order valence-corrected chi connectivity index (χ3v) is 6.01. The lowest BCUT2D eigenvalue weighted by molar-refractivity contribution is 0.0962. The molecule has 0 amide bonds. The summed E-state index contributed by atoms with van der Waals surface area (Å²) in [5.74, 6) is -1.13. The van der Waals surface area contributed by atoms with Gasteiger partial charge in [-0.15, -0.1) is 0 Å². The van der Waals surface area contributed by atoms with E-state index in [0.29, 0.717) is 22.5 Å². The molecule has 0 atom stereocenters. The average molecular weight is 469 g/mol. The lowest BCUT2D eigenvalue weighted by atomic mass is 9.97. The Labute approximate surface area is 192 Å². The van der Waals surface area contributed by atoms with Crippen LogP contribution in [0, 0.1) is 0 Å². The van der Waals surface area contributed by atoms with Gasteiger partial charge in [-0.3, -0.25) is 29.1 Å². The first-order valence-corrected chi connectivity index (χ1v) is 10.5. The predicted octanol–water partition coefficient (Wildman–Crippen LogP) is 2.45. The zero-order valence-electron chi connectivity index (χ0n) is 16.5. The first-order valence-electron chi connectivity index (χ1n) is 9.78. The smallest absolute Gasteiger partial charge is 0.229 e. The van der Waals surface area contributed by atoms with Crippen LogP contribution in [0.3, 0.4) is 0 Å². The maximum Gasteiger partial charge on any atom is 0.229 e. The molecular formula is C22H14Cl2N4O4. The third kappa shape index (κ3) is 3.32. The molecule has 0 bridgehead atoms. The molecule has 2 aromatic rings. The number of hydrogen-bond acceptors (Lipinski definition) is 8. The fourth-order valence-corrected chi connectivity index (χ4v) is 4.13. The quantitative estimate of drug-likeness (QED) is 0.619. The van der Waals surface area contributed by atoms with Crippen molar-refractivity contribution in [2.45, 2.75) is 0 Å². The molecule has 2 aliphatic carbocycles. The van der Waals surface area contributed by atoms with Gasteiger partial charge in [0.05, 0.1) is 11.1 Å². The normalized spacial score (nSPS) is 18.9. The largest absolute Gasteiger partial charge is 0.363 e. The number of allylic oxidation sites excluding steroid dienone is 4. The molecule has 0 N–H and O–H groups in total. The number of nitrogens with zero attached hydrogens (tertiary/aromatic N) is 4. The highest BCUT2D eigenvalue weighted by atomic mass is 35.5. The summed E-state index contributed by atoms with van der Waals surface area (Å²) in [5.41, 5.74) is 1.63. The minimum absolute atomic E-state index is 0.00583. The van der Waals surface area contributed by atoms with E-state index in [1.165, 1.54) is 12.4 Å². The third-order valence-electron chi connectivity index (χ3n) is 5.31. The van der Waals surface area contributed by atoms with Crippen molar-refractivity contribution in [2.24, 2.45) is 0 Å². The molecular weight excluding hydrogens is 455 g/mol. The van der Waals surface area contributed by atoms with Crippen molar-refractivity contribution in [2.75, 3.05) is 26.2 Å². The van der Waals surface area contributed by atoms with Crippen molar-refractivity contribution in [1.82, 2.24) is 19.8 Å². The van der Waals surface area contributed by atoms with Crippen LogP contribution in [-0.2, 0) is 0 Å². The van der Waals surface area contributed by atoms with Gasteiger partial charge in [0.15, 0.2) is 0 Å². The number of rotatable bonds is 2. The molecule has 0 spiro atoms. The van der Waals surface area contributed by atoms with Gasteiger partial charge in [0.1, 0.15) is 32.8 Å². The number of carbonyl (C=O) groups is 4. The summed E-state index contributed by atoms with van der Waals surface area (Å²) in [7, 11) is 0. The summed E-state index contributed by atoms with van der Waals surface area (Å²) in [5, 5.41) is 0.0108. The first kappa shape index (κ1) is 20.5. The molecule has 2 fully saturated rings. The van der Waals surface area contributed by atoms with Gasteiger partial charge in [0.25, 0.3) is 0 Å². The standard InChI is InChI=1S/2C11H7ClN2O2/c12-7-9(14-4-5-14)10(15)6-2-1-3-13-8(6)11(7)16;12-7-9(14-4-5-14)11(16)8-6(10(7)15)2-1-3-13-8/h2*1-3H,4-5H2. The van der Waals surface area contributed by atoms with E-state index >= 15 is 0 Å². The summed E-state index contributed by atoms with van der Waals surface area (Å²) >= 11 is 11.8. The van der Waals surface area contributed by atoms with Crippen LogP contribution in [0.15, 0.2) is 58.1 Å². The molecule has 0 aromatic carbocycles. The number of carbonyl (C=O) groups excluding carboxylic acids is 4.